The highest BCUT2D eigenvalue weighted by Crippen LogP contribution is 2.25. The topological polar surface area (TPSA) is 33.5 Å². The first-order valence-corrected chi connectivity index (χ1v) is 10.0. The summed E-state index contributed by atoms with van der Waals surface area (Å²) in [6.07, 6.45) is 11.1. The fourth-order valence-corrected chi connectivity index (χ4v) is 4.23. The Kier molecular flexibility index (Phi) is 5.87. The third kappa shape index (κ3) is 4.46. The number of ether oxygens (including phenoxy) is 1. The summed E-state index contributed by atoms with van der Waals surface area (Å²) < 4.78 is 8.13. The third-order valence-corrected chi connectivity index (χ3v) is 5.69. The molecule has 2 saturated heterocycles. The van der Waals surface area contributed by atoms with Crippen LogP contribution in [0.25, 0.3) is 0 Å². The molecule has 0 spiro atoms. The Morgan fingerprint density at radius 3 is 2.81 bits per heavy atom. The van der Waals surface area contributed by atoms with Gasteiger partial charge in [-0.05, 0) is 38.4 Å². The van der Waals surface area contributed by atoms with Crippen molar-refractivity contribution in [3.05, 3.63) is 48.5 Å². The fraction of sp³-hybridized carbons (Fsp3) is 0.571. The van der Waals surface area contributed by atoms with E-state index in [1.807, 2.05) is 17.1 Å². The van der Waals surface area contributed by atoms with E-state index in [-0.39, 0.29) is 0 Å². The predicted octanol–water partition coefficient (Wildman–Crippen LogP) is 3.02. The van der Waals surface area contributed by atoms with Crippen LogP contribution in [0.15, 0.2) is 43.0 Å². The Morgan fingerprint density at radius 1 is 1.08 bits per heavy atom. The summed E-state index contributed by atoms with van der Waals surface area (Å²) in [5, 5.41) is 0. The molecule has 0 radical (unpaired) electrons. The van der Waals surface area contributed by atoms with E-state index in [1.165, 1.54) is 57.4 Å². The van der Waals surface area contributed by atoms with Gasteiger partial charge in [0.15, 0.2) is 0 Å². The summed E-state index contributed by atoms with van der Waals surface area (Å²) >= 11 is 0. The van der Waals surface area contributed by atoms with E-state index in [1.54, 1.807) is 6.20 Å². The molecule has 0 amide bonds. The number of benzene rings is 1. The number of nitrogens with zero attached hydrogens (tertiary/aromatic N) is 4. The number of aromatic nitrogens is 2. The summed E-state index contributed by atoms with van der Waals surface area (Å²) in [5.74, 6) is 1.02. The second-order valence-electron chi connectivity index (χ2n) is 7.53. The van der Waals surface area contributed by atoms with Gasteiger partial charge in [-0.15, -0.1) is 0 Å². The van der Waals surface area contributed by atoms with Gasteiger partial charge >= 0.3 is 0 Å². The zero-order valence-electron chi connectivity index (χ0n) is 15.6. The number of hydrogen-bond donors (Lipinski definition) is 0. The van der Waals surface area contributed by atoms with Gasteiger partial charge in [0.1, 0.15) is 12.4 Å². The second-order valence-corrected chi connectivity index (χ2v) is 7.53. The maximum absolute atomic E-state index is 6.08. The van der Waals surface area contributed by atoms with Crippen molar-refractivity contribution in [3.8, 4) is 5.75 Å². The summed E-state index contributed by atoms with van der Waals surface area (Å²) in [7, 11) is 0. The molecule has 2 aliphatic heterocycles. The van der Waals surface area contributed by atoms with E-state index in [2.05, 4.69) is 39.0 Å². The normalized spacial score (nSPS) is 21.9. The van der Waals surface area contributed by atoms with Crippen LogP contribution in [0.4, 0.5) is 0 Å². The molecule has 1 unspecified atom stereocenters. The van der Waals surface area contributed by atoms with E-state index in [4.69, 9.17) is 4.74 Å². The van der Waals surface area contributed by atoms with Crippen molar-refractivity contribution in [2.75, 3.05) is 32.8 Å². The molecule has 2 fully saturated rings. The summed E-state index contributed by atoms with van der Waals surface area (Å²) in [6, 6.07) is 9.25. The average molecular weight is 354 g/mol. The van der Waals surface area contributed by atoms with Gasteiger partial charge in [-0.2, -0.15) is 0 Å². The molecule has 5 nitrogen and oxygen atoms in total. The second kappa shape index (κ2) is 8.69. The van der Waals surface area contributed by atoms with Gasteiger partial charge in [-0.25, -0.2) is 4.98 Å². The summed E-state index contributed by atoms with van der Waals surface area (Å²) in [6.45, 7) is 7.48. The molecule has 0 bridgehead atoms. The molecule has 2 aliphatic rings. The zero-order chi connectivity index (χ0) is 17.6. The molecule has 0 N–H and O–H groups in total. The van der Waals surface area contributed by atoms with Crippen LogP contribution in [0, 0.1) is 0 Å². The SMILES string of the molecule is c1ccc(OCCn2ccnc2)c(CN2CCC(N3CCCCC3)C2)c1. The minimum Gasteiger partial charge on any atom is -0.491 e. The van der Waals surface area contributed by atoms with Crippen molar-refractivity contribution in [1.29, 1.82) is 0 Å². The minimum atomic E-state index is 0.670. The Hall–Kier alpha value is -1.85. The van der Waals surface area contributed by atoms with E-state index < -0.39 is 0 Å². The lowest BCUT2D eigenvalue weighted by Gasteiger charge is -2.32. The number of rotatable bonds is 7. The van der Waals surface area contributed by atoms with Gasteiger partial charge in [0.2, 0.25) is 0 Å². The molecular formula is C21H30N4O. The molecule has 0 saturated carbocycles. The Labute approximate surface area is 156 Å². The van der Waals surface area contributed by atoms with Gasteiger partial charge in [0.25, 0.3) is 0 Å². The molecule has 0 aliphatic carbocycles. The first-order valence-electron chi connectivity index (χ1n) is 10.0. The molecular weight excluding hydrogens is 324 g/mol. The van der Waals surface area contributed by atoms with E-state index >= 15 is 0 Å². The van der Waals surface area contributed by atoms with Crippen LogP contribution in [0.2, 0.25) is 0 Å². The number of imidazole rings is 1. The average Bonchev–Trinajstić information content (AvgIpc) is 3.36. The number of piperidine rings is 1. The summed E-state index contributed by atoms with van der Waals surface area (Å²) in [5.41, 5.74) is 1.30. The fourth-order valence-electron chi connectivity index (χ4n) is 4.23. The van der Waals surface area contributed by atoms with Gasteiger partial charge in [0, 0.05) is 43.6 Å². The van der Waals surface area contributed by atoms with Crippen LogP contribution in [0.1, 0.15) is 31.2 Å². The lowest BCUT2D eigenvalue weighted by atomic mass is 10.1. The first-order chi connectivity index (χ1) is 12.9. The van der Waals surface area contributed by atoms with E-state index in [0.29, 0.717) is 6.61 Å². The van der Waals surface area contributed by atoms with Crippen LogP contribution >= 0.6 is 0 Å². The van der Waals surface area contributed by atoms with Crippen molar-refractivity contribution >= 4 is 0 Å². The quantitative estimate of drug-likeness (QED) is 0.765. The Morgan fingerprint density at radius 2 is 1.96 bits per heavy atom. The lowest BCUT2D eigenvalue weighted by molar-refractivity contribution is 0.161. The molecule has 2 aromatic rings. The maximum Gasteiger partial charge on any atom is 0.123 e. The van der Waals surface area contributed by atoms with E-state index in [9.17, 15) is 0 Å². The van der Waals surface area contributed by atoms with Gasteiger partial charge in [-0.3, -0.25) is 9.80 Å². The van der Waals surface area contributed by atoms with Crippen molar-refractivity contribution in [2.45, 2.75) is 44.8 Å². The Balaban J connectivity index is 1.30. The molecule has 26 heavy (non-hydrogen) atoms. The van der Waals surface area contributed by atoms with Gasteiger partial charge in [-0.1, -0.05) is 24.6 Å². The highest BCUT2D eigenvalue weighted by Gasteiger charge is 2.28. The maximum atomic E-state index is 6.08. The van der Waals surface area contributed by atoms with E-state index in [0.717, 1.165) is 24.9 Å². The largest absolute Gasteiger partial charge is 0.491 e. The van der Waals surface area contributed by atoms with Crippen LogP contribution in [-0.4, -0.2) is 58.2 Å². The molecule has 1 aromatic carbocycles. The van der Waals surface area contributed by atoms with Crippen molar-refractivity contribution in [3.63, 3.8) is 0 Å². The number of hydrogen-bond acceptors (Lipinski definition) is 4. The predicted molar refractivity (Wildman–Crippen MR) is 103 cm³/mol. The standard InChI is InChI=1S/C21H30N4O/c1-4-10-25(11-5-1)20-8-12-24(17-20)16-19-6-2-3-7-21(19)26-15-14-23-13-9-22-18-23/h2-3,6-7,9,13,18,20H,1,4-5,8,10-12,14-17H2. The number of likely N-dealkylation sites (tertiary alicyclic amines) is 2. The number of para-hydroxylation sites is 1. The molecule has 3 heterocycles. The smallest absolute Gasteiger partial charge is 0.123 e. The highest BCUT2D eigenvalue weighted by molar-refractivity contribution is 5.33. The lowest BCUT2D eigenvalue weighted by Crippen LogP contribution is -2.40. The van der Waals surface area contributed by atoms with Crippen molar-refractivity contribution < 1.29 is 4.74 Å². The molecule has 1 atom stereocenters. The van der Waals surface area contributed by atoms with Gasteiger partial charge < -0.3 is 9.30 Å². The zero-order valence-corrected chi connectivity index (χ0v) is 15.6. The minimum absolute atomic E-state index is 0.670. The third-order valence-electron chi connectivity index (χ3n) is 5.69. The van der Waals surface area contributed by atoms with Crippen LogP contribution in [0.3, 0.4) is 0 Å². The molecule has 1 aromatic heterocycles. The molecule has 5 heteroatoms. The molecule has 140 valence electrons. The van der Waals surface area contributed by atoms with Crippen LogP contribution in [-0.2, 0) is 13.1 Å². The van der Waals surface area contributed by atoms with Gasteiger partial charge in [0.05, 0.1) is 12.9 Å². The molecule has 4 rings (SSSR count). The van der Waals surface area contributed by atoms with Crippen molar-refractivity contribution in [2.24, 2.45) is 0 Å². The summed E-state index contributed by atoms with van der Waals surface area (Å²) in [4.78, 5) is 9.39. The monoisotopic (exact) mass is 354 g/mol. The first kappa shape index (κ1) is 17.6. The van der Waals surface area contributed by atoms with Crippen LogP contribution in [0.5, 0.6) is 5.75 Å². The Bertz CT molecular complexity index is 666. The van der Waals surface area contributed by atoms with Crippen molar-refractivity contribution in [1.82, 2.24) is 19.4 Å². The van der Waals surface area contributed by atoms with Crippen LogP contribution < -0.4 is 4.74 Å². The highest BCUT2D eigenvalue weighted by atomic mass is 16.5.